The number of likely N-dealkylation sites (tertiary alicyclic amines) is 1. The summed E-state index contributed by atoms with van der Waals surface area (Å²) < 4.78 is 0. The number of nitrogens with two attached hydrogens (primary N) is 1. The van der Waals surface area contributed by atoms with E-state index in [4.69, 9.17) is 5.73 Å². The molecule has 0 aliphatic carbocycles. The molecule has 2 atom stereocenters. The lowest BCUT2D eigenvalue weighted by Crippen LogP contribution is -2.47. The van der Waals surface area contributed by atoms with Gasteiger partial charge in [-0.15, -0.1) is 24.8 Å². The van der Waals surface area contributed by atoms with Crippen LogP contribution in [0.4, 0.5) is 0 Å². The Bertz CT molecular complexity index is 386. The molecule has 1 aromatic rings. The van der Waals surface area contributed by atoms with Crippen molar-refractivity contribution < 1.29 is 4.79 Å². The predicted molar refractivity (Wildman–Crippen MR) is 84.3 cm³/mol. The number of hydrogen-bond acceptors (Lipinski definition) is 3. The molecule has 2 heterocycles. The van der Waals surface area contributed by atoms with Gasteiger partial charge in [-0.2, -0.15) is 5.10 Å². The van der Waals surface area contributed by atoms with E-state index in [1.165, 1.54) is 0 Å². The van der Waals surface area contributed by atoms with Crippen molar-refractivity contribution >= 4 is 30.7 Å². The summed E-state index contributed by atoms with van der Waals surface area (Å²) in [5.74, 6) is 0.0859. The molecular formula is C13H24Cl2N4O. The van der Waals surface area contributed by atoms with Crippen LogP contribution in [0.15, 0.2) is 12.4 Å². The monoisotopic (exact) mass is 322 g/mol. The third-order valence-corrected chi connectivity index (χ3v) is 3.61. The maximum atomic E-state index is 12.4. The molecule has 116 valence electrons. The molecule has 7 heteroatoms. The highest BCUT2D eigenvalue weighted by atomic mass is 35.5. The topological polar surface area (TPSA) is 75.0 Å². The van der Waals surface area contributed by atoms with Crippen molar-refractivity contribution in [3.05, 3.63) is 18.0 Å². The highest BCUT2D eigenvalue weighted by molar-refractivity contribution is 5.85. The minimum absolute atomic E-state index is 0. The molecule has 5 nitrogen and oxygen atoms in total. The van der Waals surface area contributed by atoms with E-state index in [1.807, 2.05) is 17.3 Å². The van der Waals surface area contributed by atoms with E-state index in [0.717, 1.165) is 44.2 Å². The van der Waals surface area contributed by atoms with Gasteiger partial charge in [0.25, 0.3) is 0 Å². The molecule has 1 amide bonds. The van der Waals surface area contributed by atoms with E-state index in [1.54, 1.807) is 0 Å². The Morgan fingerprint density at radius 3 is 2.90 bits per heavy atom. The fraction of sp³-hybridized carbons (Fsp3) is 0.692. The molecule has 20 heavy (non-hydrogen) atoms. The first-order chi connectivity index (χ1) is 8.74. The summed E-state index contributed by atoms with van der Waals surface area (Å²) >= 11 is 0. The molecule has 2 unspecified atom stereocenters. The van der Waals surface area contributed by atoms with Crippen molar-refractivity contribution in [2.45, 2.75) is 51.1 Å². The standard InChI is InChI=1S/C13H22N4O.2ClH/c1-2-5-11(14)13(18)17-7-4-3-6-12(17)10-8-15-16-9-10;;/h8-9,11-12H,2-7,14H2,1H3,(H,15,16);2*1H. The predicted octanol–water partition coefficient (Wildman–Crippen LogP) is 2.43. The number of hydrogen-bond donors (Lipinski definition) is 2. The van der Waals surface area contributed by atoms with Gasteiger partial charge in [-0.3, -0.25) is 9.89 Å². The molecular weight excluding hydrogens is 299 g/mol. The first-order valence-electron chi connectivity index (χ1n) is 6.78. The lowest BCUT2D eigenvalue weighted by molar-refractivity contribution is -0.136. The lowest BCUT2D eigenvalue weighted by Gasteiger charge is -2.36. The summed E-state index contributed by atoms with van der Waals surface area (Å²) in [4.78, 5) is 14.3. The Labute approximate surface area is 132 Å². The Hall–Kier alpha value is -0.780. The van der Waals surface area contributed by atoms with Crippen LogP contribution in [-0.4, -0.2) is 33.6 Å². The SMILES string of the molecule is CCCC(N)C(=O)N1CCCCC1c1cn[nH]c1.Cl.Cl. The van der Waals surface area contributed by atoms with Gasteiger partial charge in [0, 0.05) is 18.3 Å². The van der Waals surface area contributed by atoms with Gasteiger partial charge < -0.3 is 10.6 Å². The molecule has 1 fully saturated rings. The number of aromatic amines is 1. The number of nitrogens with zero attached hydrogens (tertiary/aromatic N) is 2. The van der Waals surface area contributed by atoms with Crippen LogP contribution < -0.4 is 5.73 Å². The third-order valence-electron chi connectivity index (χ3n) is 3.61. The fourth-order valence-corrected chi connectivity index (χ4v) is 2.63. The number of halogens is 2. The molecule has 1 aromatic heterocycles. The fourth-order valence-electron chi connectivity index (χ4n) is 2.63. The molecule has 1 aliphatic heterocycles. The second-order valence-corrected chi connectivity index (χ2v) is 4.97. The highest BCUT2D eigenvalue weighted by Gasteiger charge is 2.30. The van der Waals surface area contributed by atoms with Crippen molar-refractivity contribution in [3.63, 3.8) is 0 Å². The van der Waals surface area contributed by atoms with Crippen molar-refractivity contribution in [3.8, 4) is 0 Å². The number of rotatable bonds is 4. The quantitative estimate of drug-likeness (QED) is 0.893. The highest BCUT2D eigenvalue weighted by Crippen LogP contribution is 2.30. The largest absolute Gasteiger partial charge is 0.334 e. The zero-order valence-corrected chi connectivity index (χ0v) is 13.4. The molecule has 2 rings (SSSR count). The van der Waals surface area contributed by atoms with E-state index in [2.05, 4.69) is 17.1 Å². The Morgan fingerprint density at radius 2 is 2.30 bits per heavy atom. The number of nitrogens with one attached hydrogen (secondary N) is 1. The molecule has 0 aromatic carbocycles. The number of aromatic nitrogens is 2. The number of carbonyl (C=O) groups is 1. The lowest BCUT2D eigenvalue weighted by atomic mass is 9.96. The van der Waals surface area contributed by atoms with Gasteiger partial charge in [0.1, 0.15) is 0 Å². The van der Waals surface area contributed by atoms with E-state index in [0.29, 0.717) is 0 Å². The minimum Gasteiger partial charge on any atom is -0.334 e. The first kappa shape index (κ1) is 19.2. The van der Waals surface area contributed by atoms with Gasteiger partial charge >= 0.3 is 0 Å². The summed E-state index contributed by atoms with van der Waals surface area (Å²) in [5, 5.41) is 6.80. The summed E-state index contributed by atoms with van der Waals surface area (Å²) in [5.41, 5.74) is 7.05. The van der Waals surface area contributed by atoms with Crippen molar-refractivity contribution in [2.24, 2.45) is 5.73 Å². The molecule has 3 N–H and O–H groups in total. The average molecular weight is 323 g/mol. The molecule has 1 aliphatic rings. The van der Waals surface area contributed by atoms with Crippen LogP contribution in [0, 0.1) is 0 Å². The van der Waals surface area contributed by atoms with Gasteiger partial charge in [-0.1, -0.05) is 13.3 Å². The zero-order valence-electron chi connectivity index (χ0n) is 11.7. The van der Waals surface area contributed by atoms with Gasteiger partial charge in [0.2, 0.25) is 5.91 Å². The van der Waals surface area contributed by atoms with Gasteiger partial charge in [0.15, 0.2) is 0 Å². The summed E-state index contributed by atoms with van der Waals surface area (Å²) in [6.45, 7) is 2.86. The second kappa shape index (κ2) is 9.21. The molecule has 0 bridgehead atoms. The summed E-state index contributed by atoms with van der Waals surface area (Å²) in [6, 6.07) is -0.213. The Morgan fingerprint density at radius 1 is 1.55 bits per heavy atom. The number of piperidine rings is 1. The van der Waals surface area contributed by atoms with Crippen molar-refractivity contribution in [1.82, 2.24) is 15.1 Å². The van der Waals surface area contributed by atoms with E-state index >= 15 is 0 Å². The van der Waals surface area contributed by atoms with Crippen LogP contribution in [0.5, 0.6) is 0 Å². The maximum absolute atomic E-state index is 12.4. The maximum Gasteiger partial charge on any atom is 0.239 e. The first-order valence-corrected chi connectivity index (χ1v) is 6.78. The van der Waals surface area contributed by atoms with Crippen LogP contribution in [-0.2, 0) is 4.79 Å². The van der Waals surface area contributed by atoms with Gasteiger partial charge in [0.05, 0.1) is 18.3 Å². The van der Waals surface area contributed by atoms with Crippen LogP contribution in [0.3, 0.4) is 0 Å². The van der Waals surface area contributed by atoms with Crippen molar-refractivity contribution in [2.75, 3.05) is 6.54 Å². The van der Waals surface area contributed by atoms with E-state index in [-0.39, 0.29) is 42.8 Å². The number of amides is 1. The van der Waals surface area contributed by atoms with Crippen molar-refractivity contribution in [1.29, 1.82) is 0 Å². The zero-order chi connectivity index (χ0) is 13.0. The van der Waals surface area contributed by atoms with Gasteiger partial charge in [-0.05, 0) is 25.7 Å². The van der Waals surface area contributed by atoms with Crippen LogP contribution in [0.2, 0.25) is 0 Å². The number of H-pyrrole nitrogens is 1. The van der Waals surface area contributed by atoms with Crippen LogP contribution >= 0.6 is 24.8 Å². The third kappa shape index (κ3) is 4.36. The molecule has 0 saturated carbocycles. The van der Waals surface area contributed by atoms with E-state index in [9.17, 15) is 4.79 Å². The molecule has 0 spiro atoms. The average Bonchev–Trinajstić information content (AvgIpc) is 2.92. The summed E-state index contributed by atoms with van der Waals surface area (Å²) in [7, 11) is 0. The molecule has 0 radical (unpaired) electrons. The van der Waals surface area contributed by atoms with E-state index < -0.39 is 0 Å². The smallest absolute Gasteiger partial charge is 0.239 e. The molecule has 1 saturated heterocycles. The Balaban J connectivity index is 0.00000180. The Kier molecular flexibility index (Phi) is 8.85. The van der Waals surface area contributed by atoms with Gasteiger partial charge in [-0.25, -0.2) is 0 Å². The normalized spacial score (nSPS) is 19.7. The summed E-state index contributed by atoms with van der Waals surface area (Å²) in [6.07, 6.45) is 8.61. The second-order valence-electron chi connectivity index (χ2n) is 4.97. The van der Waals surface area contributed by atoms with Crippen LogP contribution in [0.1, 0.15) is 50.6 Å². The minimum atomic E-state index is -0.359. The number of carbonyl (C=O) groups excluding carboxylic acids is 1. The van der Waals surface area contributed by atoms with Crippen LogP contribution in [0.25, 0.3) is 0 Å².